The van der Waals surface area contributed by atoms with E-state index in [4.69, 9.17) is 9.15 Å². The standard InChI is InChI=1S/C16H18O3/c1-11(17)16-9-13-8-14(6-7-15(13)19-16)18-10-12-4-2-3-5-12/h6-9,12H,2-5,10H2,1H3. The van der Waals surface area contributed by atoms with Gasteiger partial charge in [-0.15, -0.1) is 0 Å². The molecule has 1 saturated carbocycles. The Kier molecular flexibility index (Phi) is 3.28. The van der Waals surface area contributed by atoms with Gasteiger partial charge in [0.25, 0.3) is 0 Å². The highest BCUT2D eigenvalue weighted by atomic mass is 16.5. The first-order valence-electron chi connectivity index (χ1n) is 6.90. The second-order valence-corrected chi connectivity index (χ2v) is 5.33. The third kappa shape index (κ3) is 2.65. The summed E-state index contributed by atoms with van der Waals surface area (Å²) in [5, 5.41) is 0.925. The summed E-state index contributed by atoms with van der Waals surface area (Å²) in [6, 6.07) is 7.50. The van der Waals surface area contributed by atoms with Crippen molar-refractivity contribution in [1.29, 1.82) is 0 Å². The predicted molar refractivity (Wildman–Crippen MR) is 73.7 cm³/mol. The summed E-state index contributed by atoms with van der Waals surface area (Å²) in [6.07, 6.45) is 5.22. The summed E-state index contributed by atoms with van der Waals surface area (Å²) in [5.41, 5.74) is 0.735. The Morgan fingerprint density at radius 3 is 2.84 bits per heavy atom. The average Bonchev–Trinajstić information content (AvgIpc) is 3.04. The fourth-order valence-electron chi connectivity index (χ4n) is 2.68. The molecule has 0 atom stereocenters. The van der Waals surface area contributed by atoms with Gasteiger partial charge in [0.1, 0.15) is 11.3 Å². The molecule has 0 amide bonds. The fourth-order valence-corrected chi connectivity index (χ4v) is 2.68. The second kappa shape index (κ2) is 5.08. The topological polar surface area (TPSA) is 39.4 Å². The summed E-state index contributed by atoms with van der Waals surface area (Å²) in [4.78, 5) is 11.3. The average molecular weight is 258 g/mol. The summed E-state index contributed by atoms with van der Waals surface area (Å²) >= 11 is 0. The Hall–Kier alpha value is -1.77. The minimum absolute atomic E-state index is 0.0513. The van der Waals surface area contributed by atoms with Crippen LogP contribution in [0, 0.1) is 5.92 Å². The van der Waals surface area contributed by atoms with Gasteiger partial charge in [-0.05, 0) is 43.0 Å². The van der Waals surface area contributed by atoms with Gasteiger partial charge in [-0.25, -0.2) is 0 Å². The smallest absolute Gasteiger partial charge is 0.194 e. The molecule has 19 heavy (non-hydrogen) atoms. The van der Waals surface area contributed by atoms with E-state index in [1.54, 1.807) is 6.07 Å². The molecule has 0 radical (unpaired) electrons. The SMILES string of the molecule is CC(=O)c1cc2cc(OCC3CCCC3)ccc2o1. The number of ketones is 1. The van der Waals surface area contributed by atoms with E-state index in [-0.39, 0.29) is 5.78 Å². The molecule has 0 N–H and O–H groups in total. The first kappa shape index (κ1) is 12.3. The van der Waals surface area contributed by atoms with Crippen molar-refractivity contribution in [3.63, 3.8) is 0 Å². The van der Waals surface area contributed by atoms with Gasteiger partial charge in [0.15, 0.2) is 11.5 Å². The minimum Gasteiger partial charge on any atom is -0.493 e. The van der Waals surface area contributed by atoms with Crippen molar-refractivity contribution in [3.05, 3.63) is 30.0 Å². The molecule has 0 saturated heterocycles. The first-order chi connectivity index (χ1) is 9.22. The van der Waals surface area contributed by atoms with Gasteiger partial charge in [-0.1, -0.05) is 12.8 Å². The quantitative estimate of drug-likeness (QED) is 0.771. The molecule has 1 fully saturated rings. The van der Waals surface area contributed by atoms with Crippen LogP contribution in [0.3, 0.4) is 0 Å². The molecule has 0 spiro atoms. The van der Waals surface area contributed by atoms with Crippen LogP contribution in [-0.2, 0) is 0 Å². The van der Waals surface area contributed by atoms with Gasteiger partial charge < -0.3 is 9.15 Å². The number of rotatable bonds is 4. The maximum absolute atomic E-state index is 11.3. The Labute approximate surface area is 112 Å². The molecule has 0 aliphatic heterocycles. The highest BCUT2D eigenvalue weighted by Gasteiger charge is 2.15. The summed E-state index contributed by atoms with van der Waals surface area (Å²) in [5.74, 6) is 1.91. The number of fused-ring (bicyclic) bond motifs is 1. The minimum atomic E-state index is -0.0513. The number of hydrogen-bond donors (Lipinski definition) is 0. The molecule has 3 heteroatoms. The molecule has 0 bridgehead atoms. The number of hydrogen-bond acceptors (Lipinski definition) is 3. The van der Waals surface area contributed by atoms with Crippen molar-refractivity contribution < 1.29 is 13.9 Å². The van der Waals surface area contributed by atoms with E-state index in [2.05, 4.69) is 0 Å². The third-order valence-corrected chi connectivity index (χ3v) is 3.80. The van der Waals surface area contributed by atoms with Crippen LogP contribution < -0.4 is 4.74 Å². The number of benzene rings is 1. The zero-order chi connectivity index (χ0) is 13.2. The summed E-state index contributed by atoms with van der Waals surface area (Å²) in [6.45, 7) is 2.30. The van der Waals surface area contributed by atoms with Crippen LogP contribution in [0.4, 0.5) is 0 Å². The Morgan fingerprint density at radius 1 is 1.32 bits per heavy atom. The van der Waals surface area contributed by atoms with Gasteiger partial charge in [-0.2, -0.15) is 0 Å². The molecule has 3 nitrogen and oxygen atoms in total. The molecule has 1 aromatic carbocycles. The molecule has 1 aliphatic carbocycles. The van der Waals surface area contributed by atoms with Gasteiger partial charge in [0.2, 0.25) is 0 Å². The highest BCUT2D eigenvalue weighted by Crippen LogP contribution is 2.28. The molecule has 100 valence electrons. The van der Waals surface area contributed by atoms with Crippen LogP contribution in [0.1, 0.15) is 43.2 Å². The van der Waals surface area contributed by atoms with Gasteiger partial charge >= 0.3 is 0 Å². The highest BCUT2D eigenvalue weighted by molar-refractivity contribution is 5.96. The van der Waals surface area contributed by atoms with Crippen LogP contribution >= 0.6 is 0 Å². The molecule has 1 heterocycles. The normalized spacial score (nSPS) is 16.1. The van der Waals surface area contributed by atoms with E-state index in [0.717, 1.165) is 23.3 Å². The number of Topliss-reactive ketones (excluding diaryl/α,β-unsaturated/α-hetero) is 1. The fraction of sp³-hybridized carbons (Fsp3) is 0.438. The lowest BCUT2D eigenvalue weighted by Gasteiger charge is -2.10. The lowest BCUT2D eigenvalue weighted by atomic mass is 10.1. The van der Waals surface area contributed by atoms with Crippen molar-refractivity contribution in [2.45, 2.75) is 32.6 Å². The molecular weight excluding hydrogens is 240 g/mol. The van der Waals surface area contributed by atoms with Crippen LogP contribution in [0.5, 0.6) is 5.75 Å². The maximum atomic E-state index is 11.3. The van der Waals surface area contributed by atoms with E-state index >= 15 is 0 Å². The Bertz CT molecular complexity index is 591. The van der Waals surface area contributed by atoms with Crippen molar-refractivity contribution in [3.8, 4) is 5.75 Å². The van der Waals surface area contributed by atoms with Crippen LogP contribution in [0.15, 0.2) is 28.7 Å². The second-order valence-electron chi connectivity index (χ2n) is 5.33. The zero-order valence-corrected chi connectivity index (χ0v) is 11.1. The van der Waals surface area contributed by atoms with Crippen molar-refractivity contribution in [2.75, 3.05) is 6.61 Å². The van der Waals surface area contributed by atoms with Crippen LogP contribution in [0.2, 0.25) is 0 Å². The molecule has 3 rings (SSSR count). The van der Waals surface area contributed by atoms with E-state index in [1.807, 2.05) is 18.2 Å². The summed E-state index contributed by atoms with van der Waals surface area (Å²) < 4.78 is 11.3. The predicted octanol–water partition coefficient (Wildman–Crippen LogP) is 4.20. The monoisotopic (exact) mass is 258 g/mol. The van der Waals surface area contributed by atoms with Gasteiger partial charge in [0.05, 0.1) is 6.61 Å². The maximum Gasteiger partial charge on any atom is 0.194 e. The number of carbonyl (C=O) groups excluding carboxylic acids is 1. The van der Waals surface area contributed by atoms with Gasteiger partial charge in [-0.3, -0.25) is 4.79 Å². The molecule has 1 aromatic heterocycles. The molecule has 0 unspecified atom stereocenters. The summed E-state index contributed by atoms with van der Waals surface area (Å²) in [7, 11) is 0. The lowest BCUT2D eigenvalue weighted by Crippen LogP contribution is -2.07. The number of carbonyl (C=O) groups is 1. The van der Waals surface area contributed by atoms with Crippen LogP contribution in [-0.4, -0.2) is 12.4 Å². The van der Waals surface area contributed by atoms with Crippen LogP contribution in [0.25, 0.3) is 11.0 Å². The Morgan fingerprint density at radius 2 is 2.11 bits per heavy atom. The van der Waals surface area contributed by atoms with Crippen molar-refractivity contribution >= 4 is 16.8 Å². The third-order valence-electron chi connectivity index (χ3n) is 3.80. The Balaban J connectivity index is 1.74. The van der Waals surface area contributed by atoms with Crippen molar-refractivity contribution in [1.82, 2.24) is 0 Å². The zero-order valence-electron chi connectivity index (χ0n) is 11.1. The van der Waals surface area contributed by atoms with E-state index in [0.29, 0.717) is 11.7 Å². The number of ether oxygens (including phenoxy) is 1. The first-order valence-corrected chi connectivity index (χ1v) is 6.90. The van der Waals surface area contributed by atoms with Gasteiger partial charge in [0, 0.05) is 12.3 Å². The molecular formula is C16H18O3. The van der Waals surface area contributed by atoms with E-state index < -0.39 is 0 Å². The molecule has 2 aromatic rings. The van der Waals surface area contributed by atoms with Crippen molar-refractivity contribution in [2.24, 2.45) is 5.92 Å². The van der Waals surface area contributed by atoms with E-state index in [9.17, 15) is 4.79 Å². The molecule has 1 aliphatic rings. The lowest BCUT2D eigenvalue weighted by molar-refractivity contribution is 0.0989. The largest absolute Gasteiger partial charge is 0.493 e. The van der Waals surface area contributed by atoms with E-state index in [1.165, 1.54) is 32.6 Å². The number of furan rings is 1.